The van der Waals surface area contributed by atoms with Gasteiger partial charge in [0.2, 0.25) is 0 Å². The van der Waals surface area contributed by atoms with Crippen molar-refractivity contribution in [2.45, 2.75) is 65.8 Å². The van der Waals surface area contributed by atoms with E-state index in [1.807, 2.05) is 64.1 Å². The zero-order valence-corrected chi connectivity index (χ0v) is 24.1. The Morgan fingerprint density at radius 2 is 1.73 bits per heavy atom. The minimum Gasteiger partial charge on any atom is -0.508 e. The van der Waals surface area contributed by atoms with E-state index in [0.717, 1.165) is 12.8 Å². The zero-order chi connectivity index (χ0) is 29.1. The highest BCUT2D eigenvalue weighted by Crippen LogP contribution is 2.45. The van der Waals surface area contributed by atoms with E-state index in [2.05, 4.69) is 11.9 Å². The number of unbranched alkanes of at least 4 members (excludes halogenated alkanes) is 1. The summed E-state index contributed by atoms with van der Waals surface area (Å²) in [4.78, 5) is 34.1. The number of amides is 2. The molecule has 8 nitrogen and oxygen atoms in total. The van der Waals surface area contributed by atoms with Crippen LogP contribution in [-0.2, 0) is 6.54 Å². The van der Waals surface area contributed by atoms with Crippen LogP contribution in [-0.4, -0.2) is 27.8 Å². The number of phenolic OH excluding ortho intramolecular Hbond substituents is 1. The molecule has 2 aromatic carbocycles. The molecule has 4 aromatic rings. The number of fused-ring (bicyclic) bond motifs is 1. The average Bonchev–Trinajstić information content (AvgIpc) is 2.93. The number of phenols is 1. The minimum absolute atomic E-state index is 0.0776. The molecule has 4 rings (SSSR count). The van der Waals surface area contributed by atoms with Gasteiger partial charge in [0.25, 0.3) is 5.56 Å². The largest absolute Gasteiger partial charge is 0.508 e. The van der Waals surface area contributed by atoms with Crippen LogP contribution >= 0.6 is 0 Å². The number of carbonyl (C=O) groups excluding carboxylic acids is 1. The fourth-order valence-corrected chi connectivity index (χ4v) is 5.20. The van der Waals surface area contributed by atoms with Crippen LogP contribution in [0.5, 0.6) is 11.5 Å². The second kappa shape index (κ2) is 11.8. The number of primary amides is 1. The Bertz CT molecular complexity index is 1580. The number of aryl methyl sites for hydroxylation is 1. The van der Waals surface area contributed by atoms with E-state index in [0.29, 0.717) is 51.3 Å². The number of methoxy groups -OCH3 is 1. The Kier molecular flexibility index (Phi) is 8.47. The van der Waals surface area contributed by atoms with Crippen LogP contribution in [0, 0.1) is 0 Å². The molecule has 0 aliphatic carbocycles. The number of rotatable bonds is 9. The third-order valence-corrected chi connectivity index (χ3v) is 7.16. The number of anilines is 2. The van der Waals surface area contributed by atoms with Crippen LogP contribution in [0.1, 0.15) is 70.4 Å². The predicted molar refractivity (Wildman–Crippen MR) is 161 cm³/mol. The van der Waals surface area contributed by atoms with Gasteiger partial charge in [0, 0.05) is 23.7 Å². The molecule has 0 spiro atoms. The maximum Gasteiger partial charge on any atom is 0.324 e. The van der Waals surface area contributed by atoms with Gasteiger partial charge >= 0.3 is 6.03 Å². The summed E-state index contributed by atoms with van der Waals surface area (Å²) < 4.78 is 7.15. The van der Waals surface area contributed by atoms with Crippen LogP contribution in [0.4, 0.5) is 16.2 Å². The summed E-state index contributed by atoms with van der Waals surface area (Å²) in [5, 5.41) is 11.3. The second-order valence-electron chi connectivity index (χ2n) is 10.6. The second-order valence-corrected chi connectivity index (χ2v) is 10.6. The lowest BCUT2D eigenvalue weighted by Crippen LogP contribution is -2.39. The summed E-state index contributed by atoms with van der Waals surface area (Å²) in [6.07, 6.45) is 3.30. The van der Waals surface area contributed by atoms with E-state index >= 15 is 0 Å². The van der Waals surface area contributed by atoms with Crippen LogP contribution in [0.25, 0.3) is 22.2 Å². The molecule has 40 heavy (non-hydrogen) atoms. The van der Waals surface area contributed by atoms with E-state index in [1.165, 1.54) is 4.90 Å². The number of benzene rings is 2. The number of hydrogen-bond acceptors (Lipinski definition) is 5. The van der Waals surface area contributed by atoms with Gasteiger partial charge in [-0.3, -0.25) is 14.3 Å². The molecule has 0 fully saturated rings. The normalized spacial score (nSPS) is 11.4. The summed E-state index contributed by atoms with van der Waals surface area (Å²) in [6.45, 7) is 10.4. The van der Waals surface area contributed by atoms with Gasteiger partial charge in [0.15, 0.2) is 0 Å². The summed E-state index contributed by atoms with van der Waals surface area (Å²) in [5.74, 6) is 0.547. The summed E-state index contributed by atoms with van der Waals surface area (Å²) in [5.41, 5.74) is 9.66. The van der Waals surface area contributed by atoms with E-state index in [4.69, 9.17) is 10.5 Å². The molecular formula is C32H38N4O4. The van der Waals surface area contributed by atoms with Crippen LogP contribution < -0.4 is 20.9 Å². The van der Waals surface area contributed by atoms with Crippen molar-refractivity contribution >= 4 is 28.4 Å². The Morgan fingerprint density at radius 3 is 2.30 bits per heavy atom. The van der Waals surface area contributed by atoms with Crippen molar-refractivity contribution in [3.8, 4) is 22.6 Å². The van der Waals surface area contributed by atoms with Crippen molar-refractivity contribution in [1.29, 1.82) is 0 Å². The van der Waals surface area contributed by atoms with Crippen molar-refractivity contribution in [2.75, 3.05) is 12.0 Å². The Morgan fingerprint density at radius 1 is 1.05 bits per heavy atom. The van der Waals surface area contributed by atoms with Gasteiger partial charge in [-0.05, 0) is 71.3 Å². The minimum atomic E-state index is -0.791. The highest BCUT2D eigenvalue weighted by Gasteiger charge is 2.32. The molecule has 2 heterocycles. The molecular weight excluding hydrogens is 504 g/mol. The van der Waals surface area contributed by atoms with Gasteiger partial charge in [-0.1, -0.05) is 53.2 Å². The average molecular weight is 543 g/mol. The number of nitrogens with zero attached hydrogens (tertiary/aromatic N) is 3. The molecule has 0 aliphatic heterocycles. The highest BCUT2D eigenvalue weighted by molar-refractivity contribution is 6.09. The van der Waals surface area contributed by atoms with Crippen LogP contribution in [0.3, 0.4) is 0 Å². The van der Waals surface area contributed by atoms with Gasteiger partial charge in [-0.15, -0.1) is 0 Å². The molecule has 0 unspecified atom stereocenters. The fourth-order valence-electron chi connectivity index (χ4n) is 5.20. The third kappa shape index (κ3) is 5.26. The number of hydrogen-bond donors (Lipinski definition) is 2. The summed E-state index contributed by atoms with van der Waals surface area (Å²) >= 11 is 0. The first-order valence-electron chi connectivity index (χ1n) is 13.7. The van der Waals surface area contributed by atoms with Crippen molar-refractivity contribution in [3.05, 3.63) is 76.2 Å². The van der Waals surface area contributed by atoms with Gasteiger partial charge < -0.3 is 15.6 Å². The van der Waals surface area contributed by atoms with Crippen molar-refractivity contribution in [3.63, 3.8) is 0 Å². The summed E-state index contributed by atoms with van der Waals surface area (Å²) in [7, 11) is 1.58. The SMILES string of the molecule is CCCCn1c(=O)c(N(C(N)=O)c2c(C(C)C)cc(O)cc2C(C)C)c(-c2cccc(OC)c2)c2cccnc21. The number of pyridine rings is 2. The Labute approximate surface area is 235 Å². The molecule has 3 N–H and O–H groups in total. The van der Waals surface area contributed by atoms with Gasteiger partial charge in [0.05, 0.1) is 12.8 Å². The lowest BCUT2D eigenvalue weighted by atomic mass is 9.90. The van der Waals surface area contributed by atoms with Crippen molar-refractivity contribution in [2.24, 2.45) is 5.73 Å². The first-order valence-corrected chi connectivity index (χ1v) is 13.7. The van der Waals surface area contributed by atoms with E-state index in [-0.39, 0.29) is 28.8 Å². The molecule has 2 amide bonds. The lowest BCUT2D eigenvalue weighted by molar-refractivity contribution is 0.256. The fraction of sp³-hybridized carbons (Fsp3) is 0.344. The van der Waals surface area contributed by atoms with Gasteiger partial charge in [-0.2, -0.15) is 0 Å². The first kappa shape index (κ1) is 28.7. The number of urea groups is 1. The predicted octanol–water partition coefficient (Wildman–Crippen LogP) is 7.04. The van der Waals surface area contributed by atoms with Crippen LogP contribution in [0.15, 0.2) is 59.5 Å². The van der Waals surface area contributed by atoms with Gasteiger partial charge in [0.1, 0.15) is 22.8 Å². The molecule has 0 saturated heterocycles. The topological polar surface area (TPSA) is 111 Å². The van der Waals surface area contributed by atoms with Crippen molar-refractivity contribution < 1.29 is 14.6 Å². The molecule has 0 saturated carbocycles. The smallest absolute Gasteiger partial charge is 0.324 e. The summed E-state index contributed by atoms with van der Waals surface area (Å²) in [6, 6.07) is 13.6. The van der Waals surface area contributed by atoms with E-state index in [1.54, 1.807) is 30.0 Å². The molecule has 0 aliphatic rings. The maximum absolute atomic E-state index is 14.6. The number of carbonyl (C=O) groups is 1. The molecule has 210 valence electrons. The number of nitrogens with two attached hydrogens (primary N) is 1. The Balaban J connectivity index is 2.26. The quantitative estimate of drug-likeness (QED) is 0.236. The Hall–Kier alpha value is -4.33. The molecule has 8 heteroatoms. The van der Waals surface area contributed by atoms with Gasteiger partial charge in [-0.25, -0.2) is 9.78 Å². The maximum atomic E-state index is 14.6. The number of ether oxygens (including phenoxy) is 1. The third-order valence-electron chi connectivity index (χ3n) is 7.16. The standard InChI is InChI=1S/C32H38N4O4/c1-7-8-15-35-30-24(13-10-14-34-30)27(21-11-9-12-23(16-21)40-6)29(31(35)38)36(32(33)39)28-25(19(2)3)17-22(37)18-26(28)20(4)5/h9-14,16-20,37H,7-8,15H2,1-6H3,(H2,33,39). The molecule has 2 aromatic heterocycles. The van der Waals surface area contributed by atoms with E-state index in [9.17, 15) is 14.7 Å². The monoisotopic (exact) mass is 542 g/mol. The molecule has 0 radical (unpaired) electrons. The number of aromatic nitrogens is 2. The zero-order valence-electron chi connectivity index (χ0n) is 24.1. The molecule has 0 atom stereocenters. The first-order chi connectivity index (χ1) is 19.1. The van der Waals surface area contributed by atoms with E-state index < -0.39 is 6.03 Å². The lowest BCUT2D eigenvalue weighted by Gasteiger charge is -2.31. The highest BCUT2D eigenvalue weighted by atomic mass is 16.5. The van der Waals surface area contributed by atoms with Crippen LogP contribution in [0.2, 0.25) is 0 Å². The number of aromatic hydroxyl groups is 1. The molecule has 0 bridgehead atoms. The van der Waals surface area contributed by atoms with Crippen molar-refractivity contribution in [1.82, 2.24) is 9.55 Å².